The fraction of sp³-hybridized carbons (Fsp3) is 0.667. The topological polar surface area (TPSA) is 48.9 Å². The van der Waals surface area contributed by atoms with E-state index in [0.29, 0.717) is 45.3 Å². The highest BCUT2D eigenvalue weighted by Crippen LogP contribution is 2.24. The number of nitrogens with one attached hydrogen (secondary N) is 2. The van der Waals surface area contributed by atoms with Crippen molar-refractivity contribution in [3.63, 3.8) is 0 Å². The van der Waals surface area contributed by atoms with Crippen LogP contribution < -0.4 is 10.6 Å². The summed E-state index contributed by atoms with van der Waals surface area (Å²) in [5.74, 6) is 1.20. The molecule has 2 rings (SSSR count). The molecule has 0 saturated carbocycles. The van der Waals surface area contributed by atoms with Gasteiger partial charge in [-0.1, -0.05) is 30.3 Å². The largest absolute Gasteiger partial charge is 0.401 e. The summed E-state index contributed by atoms with van der Waals surface area (Å²) < 4.78 is 43.0. The number of ether oxygens (including phenoxy) is 1. The Labute approximate surface area is 194 Å². The van der Waals surface area contributed by atoms with Gasteiger partial charge in [0.2, 0.25) is 0 Å². The number of alkyl halides is 3. The smallest absolute Gasteiger partial charge is 0.375 e. The predicted molar refractivity (Wildman–Crippen MR) is 125 cm³/mol. The second-order valence-corrected chi connectivity index (χ2v) is 7.35. The fourth-order valence-electron chi connectivity index (χ4n) is 3.39. The minimum absolute atomic E-state index is 0. The van der Waals surface area contributed by atoms with Gasteiger partial charge < -0.3 is 15.4 Å². The molecule has 0 spiro atoms. The number of guanidine groups is 1. The number of rotatable bonds is 10. The normalized spacial score (nSPS) is 16.2. The number of hydrogen-bond acceptors (Lipinski definition) is 3. The van der Waals surface area contributed by atoms with Crippen LogP contribution in [0.4, 0.5) is 13.2 Å². The third kappa shape index (κ3) is 11.9. The van der Waals surface area contributed by atoms with Crippen LogP contribution >= 0.6 is 24.0 Å². The maximum atomic E-state index is 12.5. The molecular weight excluding hydrogens is 508 g/mol. The fourth-order valence-corrected chi connectivity index (χ4v) is 3.39. The van der Waals surface area contributed by atoms with Crippen molar-refractivity contribution in [2.75, 3.05) is 45.9 Å². The highest BCUT2D eigenvalue weighted by Gasteiger charge is 2.32. The lowest BCUT2D eigenvalue weighted by atomic mass is 9.93. The first-order valence-electron chi connectivity index (χ1n) is 10.4. The van der Waals surface area contributed by atoms with Gasteiger partial charge in [-0.05, 0) is 50.8 Å². The molecule has 1 aromatic carbocycles. The first-order chi connectivity index (χ1) is 14.0. The Hall–Kier alpha value is -1.07. The number of aliphatic imine (C=N–C) groups is 1. The van der Waals surface area contributed by atoms with E-state index in [-0.39, 0.29) is 24.0 Å². The van der Waals surface area contributed by atoms with Crippen LogP contribution in [0.1, 0.15) is 31.7 Å². The maximum absolute atomic E-state index is 12.5. The number of piperidine rings is 1. The molecule has 1 heterocycles. The third-order valence-electron chi connectivity index (χ3n) is 4.91. The average Bonchev–Trinajstić information content (AvgIpc) is 2.68. The van der Waals surface area contributed by atoms with E-state index in [1.807, 2.05) is 37.3 Å². The molecule has 0 unspecified atom stereocenters. The van der Waals surface area contributed by atoms with Crippen molar-refractivity contribution in [2.24, 2.45) is 10.9 Å². The zero-order valence-electron chi connectivity index (χ0n) is 17.6. The number of nitrogens with zero attached hydrogens (tertiary/aromatic N) is 2. The molecule has 1 aromatic rings. The number of hydrogen-bond donors (Lipinski definition) is 2. The van der Waals surface area contributed by atoms with Gasteiger partial charge in [0, 0.05) is 19.6 Å². The van der Waals surface area contributed by atoms with Gasteiger partial charge in [0.15, 0.2) is 5.96 Å². The Balaban J connectivity index is 0.00000450. The van der Waals surface area contributed by atoms with Gasteiger partial charge in [-0.25, -0.2) is 0 Å². The molecule has 0 aromatic heterocycles. The van der Waals surface area contributed by atoms with Crippen LogP contribution in [0.2, 0.25) is 0 Å². The standard InChI is InChI=1S/C21H33F3N4O.HI/c1-2-25-20(27-12-15-29-16-19-6-4-3-5-7-19)26-11-8-18-9-13-28(14-10-18)17-21(22,23)24;/h3-7,18H,2,8-17H2,1H3,(H2,25,26,27);1H. The molecule has 0 amide bonds. The summed E-state index contributed by atoms with van der Waals surface area (Å²) in [6.07, 6.45) is -1.58. The van der Waals surface area contributed by atoms with Crippen LogP contribution in [0.15, 0.2) is 35.3 Å². The van der Waals surface area contributed by atoms with Crippen LogP contribution in [0.3, 0.4) is 0 Å². The Kier molecular flexibility index (Phi) is 13.3. The molecule has 1 saturated heterocycles. The van der Waals surface area contributed by atoms with Crippen LogP contribution in [0.5, 0.6) is 0 Å². The average molecular weight is 542 g/mol. The summed E-state index contributed by atoms with van der Waals surface area (Å²) in [5.41, 5.74) is 1.15. The monoisotopic (exact) mass is 542 g/mol. The first-order valence-corrected chi connectivity index (χ1v) is 10.4. The van der Waals surface area contributed by atoms with Crippen LogP contribution in [-0.4, -0.2) is 62.9 Å². The van der Waals surface area contributed by atoms with Crippen LogP contribution in [0.25, 0.3) is 0 Å². The maximum Gasteiger partial charge on any atom is 0.401 e. The van der Waals surface area contributed by atoms with E-state index in [1.165, 1.54) is 4.90 Å². The summed E-state index contributed by atoms with van der Waals surface area (Å²) in [7, 11) is 0. The minimum atomic E-state index is -4.10. The van der Waals surface area contributed by atoms with E-state index in [0.717, 1.165) is 37.3 Å². The molecule has 0 bridgehead atoms. The zero-order valence-corrected chi connectivity index (χ0v) is 19.9. The van der Waals surface area contributed by atoms with Crippen LogP contribution in [0, 0.1) is 5.92 Å². The van der Waals surface area contributed by atoms with E-state index in [2.05, 4.69) is 15.6 Å². The molecule has 30 heavy (non-hydrogen) atoms. The molecule has 2 N–H and O–H groups in total. The first kappa shape index (κ1) is 27.0. The lowest BCUT2D eigenvalue weighted by molar-refractivity contribution is -0.148. The van der Waals surface area contributed by atoms with Gasteiger partial charge in [-0.2, -0.15) is 13.2 Å². The van der Waals surface area contributed by atoms with E-state index < -0.39 is 12.7 Å². The van der Waals surface area contributed by atoms with Crippen molar-refractivity contribution in [3.8, 4) is 0 Å². The van der Waals surface area contributed by atoms with Crippen molar-refractivity contribution in [3.05, 3.63) is 35.9 Å². The van der Waals surface area contributed by atoms with E-state index in [9.17, 15) is 13.2 Å². The molecule has 1 aliphatic rings. The molecule has 0 radical (unpaired) electrons. The van der Waals surface area contributed by atoms with Gasteiger partial charge in [0.05, 0.1) is 19.8 Å². The molecule has 9 heteroatoms. The molecule has 0 atom stereocenters. The van der Waals surface area contributed by atoms with Gasteiger partial charge in [-0.15, -0.1) is 24.0 Å². The molecule has 1 fully saturated rings. The van der Waals surface area contributed by atoms with Gasteiger partial charge in [0.25, 0.3) is 0 Å². The Morgan fingerprint density at radius 3 is 2.50 bits per heavy atom. The van der Waals surface area contributed by atoms with Gasteiger partial charge in [-0.3, -0.25) is 9.89 Å². The third-order valence-corrected chi connectivity index (χ3v) is 4.91. The highest BCUT2D eigenvalue weighted by atomic mass is 127. The number of likely N-dealkylation sites (tertiary alicyclic amines) is 1. The minimum Gasteiger partial charge on any atom is -0.375 e. The molecule has 1 aliphatic heterocycles. The molecular formula is C21H34F3IN4O. The molecule has 0 aliphatic carbocycles. The van der Waals surface area contributed by atoms with Crippen molar-refractivity contribution >= 4 is 29.9 Å². The van der Waals surface area contributed by atoms with E-state index in [1.54, 1.807) is 0 Å². The van der Waals surface area contributed by atoms with Crippen molar-refractivity contribution in [2.45, 2.75) is 39.0 Å². The van der Waals surface area contributed by atoms with Crippen molar-refractivity contribution in [1.82, 2.24) is 15.5 Å². The number of benzene rings is 1. The lowest BCUT2D eigenvalue weighted by Crippen LogP contribution is -2.40. The number of halogens is 4. The van der Waals surface area contributed by atoms with Crippen molar-refractivity contribution < 1.29 is 17.9 Å². The van der Waals surface area contributed by atoms with E-state index >= 15 is 0 Å². The second kappa shape index (κ2) is 14.9. The lowest BCUT2D eigenvalue weighted by Gasteiger charge is -2.32. The van der Waals surface area contributed by atoms with E-state index in [4.69, 9.17) is 4.74 Å². The Morgan fingerprint density at radius 1 is 1.17 bits per heavy atom. The SMILES string of the molecule is CCNC(=NCCC1CCN(CC(F)(F)F)CC1)NCCOCc1ccccc1.I. The summed E-state index contributed by atoms with van der Waals surface area (Å²) >= 11 is 0. The van der Waals surface area contributed by atoms with Gasteiger partial charge in [0.1, 0.15) is 0 Å². The summed E-state index contributed by atoms with van der Waals surface area (Å²) in [6, 6.07) is 10.0. The predicted octanol–water partition coefficient (Wildman–Crippen LogP) is 4.04. The Bertz CT molecular complexity index is 594. The summed E-state index contributed by atoms with van der Waals surface area (Å²) in [4.78, 5) is 6.09. The Morgan fingerprint density at radius 2 is 1.87 bits per heavy atom. The quantitative estimate of drug-likeness (QED) is 0.203. The van der Waals surface area contributed by atoms with Crippen LogP contribution in [-0.2, 0) is 11.3 Å². The molecule has 172 valence electrons. The van der Waals surface area contributed by atoms with Crippen molar-refractivity contribution in [1.29, 1.82) is 0 Å². The second-order valence-electron chi connectivity index (χ2n) is 7.35. The summed E-state index contributed by atoms with van der Waals surface area (Å²) in [6.45, 7) is 5.53. The summed E-state index contributed by atoms with van der Waals surface area (Å²) in [5, 5.41) is 6.47. The highest BCUT2D eigenvalue weighted by molar-refractivity contribution is 14.0. The van der Waals surface area contributed by atoms with Gasteiger partial charge >= 0.3 is 6.18 Å². The molecule has 5 nitrogen and oxygen atoms in total. The zero-order chi connectivity index (χ0) is 21.0.